The van der Waals surface area contributed by atoms with Gasteiger partial charge in [0.15, 0.2) is 0 Å². The lowest BCUT2D eigenvalue weighted by Crippen LogP contribution is -2.35. The number of ether oxygens (including phenoxy) is 1. The number of aliphatic hydroxyl groups excluding tert-OH is 1. The van der Waals surface area contributed by atoms with Gasteiger partial charge < -0.3 is 15.6 Å². The molecule has 3 nitrogen and oxygen atoms in total. The minimum atomic E-state index is -0.270. The highest BCUT2D eigenvalue weighted by Crippen LogP contribution is 2.29. The quantitative estimate of drug-likeness (QED) is 0.766. The largest absolute Gasteiger partial charge is 0.391 e. The van der Waals surface area contributed by atoms with Crippen molar-refractivity contribution in [3.05, 3.63) is 0 Å². The van der Waals surface area contributed by atoms with Crippen LogP contribution in [-0.2, 0) is 4.74 Å². The summed E-state index contributed by atoms with van der Waals surface area (Å²) in [6.45, 7) is 1.24. The monoisotopic (exact) mass is 255 g/mol. The summed E-state index contributed by atoms with van der Waals surface area (Å²) in [5.41, 5.74) is 5.79. The van der Waals surface area contributed by atoms with Gasteiger partial charge in [0, 0.05) is 0 Å². The summed E-state index contributed by atoms with van der Waals surface area (Å²) in [7, 11) is 0. The molecule has 0 saturated heterocycles. The Morgan fingerprint density at radius 3 is 2.44 bits per heavy atom. The third-order valence-corrected chi connectivity index (χ3v) is 4.72. The molecule has 3 N–H and O–H groups in total. The van der Waals surface area contributed by atoms with Crippen LogP contribution in [-0.4, -0.2) is 30.5 Å². The molecular formula is C15H29NO2. The first-order valence-electron chi connectivity index (χ1n) is 7.79. The Hall–Kier alpha value is -0.120. The lowest BCUT2D eigenvalue weighted by Gasteiger charge is -2.31. The van der Waals surface area contributed by atoms with Crippen LogP contribution in [0.4, 0.5) is 0 Å². The van der Waals surface area contributed by atoms with Crippen LogP contribution >= 0.6 is 0 Å². The molecule has 3 heteroatoms. The molecule has 0 aromatic rings. The topological polar surface area (TPSA) is 55.5 Å². The summed E-state index contributed by atoms with van der Waals surface area (Å²) >= 11 is 0. The lowest BCUT2D eigenvalue weighted by atomic mass is 9.86. The molecule has 0 heterocycles. The fourth-order valence-corrected chi connectivity index (χ4v) is 3.60. The maximum Gasteiger partial charge on any atom is 0.0776 e. The van der Waals surface area contributed by atoms with Crippen LogP contribution < -0.4 is 5.73 Å². The number of hydrogen-bond donors (Lipinski definition) is 2. The van der Waals surface area contributed by atoms with E-state index in [-0.39, 0.29) is 6.10 Å². The zero-order valence-corrected chi connectivity index (χ0v) is 11.5. The van der Waals surface area contributed by atoms with Crippen molar-refractivity contribution in [1.29, 1.82) is 0 Å². The predicted molar refractivity (Wildman–Crippen MR) is 73.3 cm³/mol. The van der Waals surface area contributed by atoms with E-state index in [4.69, 9.17) is 10.5 Å². The van der Waals surface area contributed by atoms with Gasteiger partial charge in [-0.15, -0.1) is 0 Å². The summed E-state index contributed by atoms with van der Waals surface area (Å²) in [6.07, 6.45) is 11.1. The fraction of sp³-hybridized carbons (Fsp3) is 1.00. The van der Waals surface area contributed by atoms with Crippen LogP contribution in [0.1, 0.15) is 57.8 Å². The molecule has 0 aliphatic heterocycles. The lowest BCUT2D eigenvalue weighted by molar-refractivity contribution is -0.0526. The predicted octanol–water partition coefficient (Wildman–Crippen LogP) is 2.46. The first kappa shape index (κ1) is 14.3. The second-order valence-corrected chi connectivity index (χ2v) is 6.19. The molecule has 0 radical (unpaired) electrons. The van der Waals surface area contributed by atoms with Crippen molar-refractivity contribution in [2.24, 2.45) is 17.6 Å². The van der Waals surface area contributed by atoms with E-state index >= 15 is 0 Å². The molecule has 18 heavy (non-hydrogen) atoms. The third kappa shape index (κ3) is 4.22. The molecule has 2 saturated carbocycles. The van der Waals surface area contributed by atoms with Gasteiger partial charge in [0.05, 0.1) is 18.8 Å². The van der Waals surface area contributed by atoms with Crippen LogP contribution in [0.25, 0.3) is 0 Å². The number of rotatable bonds is 6. The Balaban J connectivity index is 1.65. The zero-order valence-electron chi connectivity index (χ0n) is 11.5. The summed E-state index contributed by atoms with van der Waals surface area (Å²) in [5, 5.41) is 10.0. The van der Waals surface area contributed by atoms with E-state index in [0.29, 0.717) is 18.6 Å². The molecule has 0 aromatic carbocycles. The Morgan fingerprint density at radius 1 is 1.06 bits per heavy atom. The van der Waals surface area contributed by atoms with E-state index < -0.39 is 0 Å². The minimum absolute atomic E-state index is 0.270. The van der Waals surface area contributed by atoms with Gasteiger partial charge in [-0.3, -0.25) is 0 Å². The average molecular weight is 255 g/mol. The molecule has 2 rings (SSSR count). The van der Waals surface area contributed by atoms with Gasteiger partial charge in [0.2, 0.25) is 0 Å². The number of nitrogens with two attached hydrogens (primary N) is 1. The van der Waals surface area contributed by atoms with Gasteiger partial charge in [0.25, 0.3) is 0 Å². The molecule has 0 amide bonds. The number of aliphatic hydroxyl groups is 1. The van der Waals surface area contributed by atoms with Crippen LogP contribution in [0.3, 0.4) is 0 Å². The third-order valence-electron chi connectivity index (χ3n) is 4.72. The molecule has 2 aliphatic carbocycles. The van der Waals surface area contributed by atoms with Gasteiger partial charge in [-0.25, -0.2) is 0 Å². The molecule has 0 aromatic heterocycles. The normalized spacial score (nSPS) is 31.7. The molecule has 0 bridgehead atoms. The van der Waals surface area contributed by atoms with E-state index in [1.807, 2.05) is 0 Å². The molecule has 3 atom stereocenters. The van der Waals surface area contributed by atoms with Gasteiger partial charge in [-0.05, 0) is 37.6 Å². The molecule has 2 fully saturated rings. The Morgan fingerprint density at radius 2 is 1.72 bits per heavy atom. The van der Waals surface area contributed by atoms with Gasteiger partial charge in [0.1, 0.15) is 0 Å². The smallest absolute Gasteiger partial charge is 0.0776 e. The van der Waals surface area contributed by atoms with E-state index in [9.17, 15) is 5.11 Å². The Labute approximate surface area is 111 Å². The standard InChI is InChI=1S/C15H29NO2/c16-10-13-7-3-4-8-15(13)18-11-14(17)9-12-5-1-2-6-12/h12-15,17H,1-11,16H2. The van der Waals surface area contributed by atoms with Crippen molar-refractivity contribution in [2.75, 3.05) is 13.2 Å². The van der Waals surface area contributed by atoms with Crippen LogP contribution in [0.5, 0.6) is 0 Å². The van der Waals surface area contributed by atoms with Crippen molar-refractivity contribution >= 4 is 0 Å². The maximum atomic E-state index is 10.0. The average Bonchev–Trinajstić information content (AvgIpc) is 2.89. The molecule has 3 unspecified atom stereocenters. The summed E-state index contributed by atoms with van der Waals surface area (Å²) in [6, 6.07) is 0. The van der Waals surface area contributed by atoms with Crippen LogP contribution in [0.2, 0.25) is 0 Å². The summed E-state index contributed by atoms with van der Waals surface area (Å²) < 4.78 is 5.93. The van der Waals surface area contributed by atoms with Crippen molar-refractivity contribution in [1.82, 2.24) is 0 Å². The highest BCUT2D eigenvalue weighted by atomic mass is 16.5. The van der Waals surface area contributed by atoms with Gasteiger partial charge >= 0.3 is 0 Å². The van der Waals surface area contributed by atoms with Crippen LogP contribution in [0, 0.1) is 11.8 Å². The maximum absolute atomic E-state index is 10.0. The highest BCUT2D eigenvalue weighted by Gasteiger charge is 2.26. The first-order chi connectivity index (χ1) is 8.79. The molecule has 0 spiro atoms. The zero-order chi connectivity index (χ0) is 12.8. The van der Waals surface area contributed by atoms with Crippen LogP contribution in [0.15, 0.2) is 0 Å². The summed E-state index contributed by atoms with van der Waals surface area (Å²) in [5.74, 6) is 1.25. The van der Waals surface area contributed by atoms with Gasteiger partial charge in [-0.1, -0.05) is 38.5 Å². The van der Waals surface area contributed by atoms with Crippen molar-refractivity contribution in [3.63, 3.8) is 0 Å². The van der Waals surface area contributed by atoms with E-state index in [2.05, 4.69) is 0 Å². The highest BCUT2D eigenvalue weighted by molar-refractivity contribution is 4.77. The van der Waals surface area contributed by atoms with E-state index in [0.717, 1.165) is 25.3 Å². The first-order valence-corrected chi connectivity index (χ1v) is 7.79. The molecule has 2 aliphatic rings. The summed E-state index contributed by atoms with van der Waals surface area (Å²) in [4.78, 5) is 0. The van der Waals surface area contributed by atoms with Gasteiger partial charge in [-0.2, -0.15) is 0 Å². The fourth-order valence-electron chi connectivity index (χ4n) is 3.60. The van der Waals surface area contributed by atoms with Crippen molar-refractivity contribution in [2.45, 2.75) is 70.0 Å². The Bertz CT molecular complexity index is 229. The van der Waals surface area contributed by atoms with E-state index in [1.165, 1.54) is 44.9 Å². The Kier molecular flexibility index (Phi) is 5.93. The minimum Gasteiger partial charge on any atom is -0.391 e. The number of hydrogen-bond acceptors (Lipinski definition) is 3. The SMILES string of the molecule is NCC1CCCCC1OCC(O)CC1CCCC1. The molecule has 106 valence electrons. The van der Waals surface area contributed by atoms with E-state index in [1.54, 1.807) is 0 Å². The van der Waals surface area contributed by atoms with Crippen molar-refractivity contribution in [3.8, 4) is 0 Å². The molecular weight excluding hydrogens is 226 g/mol. The second-order valence-electron chi connectivity index (χ2n) is 6.19. The second kappa shape index (κ2) is 7.46. The van der Waals surface area contributed by atoms with Crippen molar-refractivity contribution < 1.29 is 9.84 Å².